The summed E-state index contributed by atoms with van der Waals surface area (Å²) in [6.07, 6.45) is 0.670. The standard InChI is InChI=1S/C15H20FN3O5/c1-7(2)23-14(21)12(16)24-19-9-5-10(8-3-4-8)11(13(17)20)18(6-9)15(19)22/h5,7-9,11-12H,3-4,6H2,1-2H3,(H2,17,20)/t9-,11+,12-/m1/s1. The summed E-state index contributed by atoms with van der Waals surface area (Å²) in [6.45, 7) is 3.31. The molecular formula is C15H20FN3O5. The average Bonchev–Trinajstić information content (AvgIpc) is 3.31. The van der Waals surface area contributed by atoms with E-state index in [0.29, 0.717) is 0 Å². The van der Waals surface area contributed by atoms with Gasteiger partial charge in [0.25, 0.3) is 0 Å². The molecule has 1 aliphatic carbocycles. The number of nitrogens with two attached hydrogens (primary N) is 1. The topological polar surface area (TPSA) is 102 Å². The molecule has 2 bridgehead atoms. The number of carbonyl (C=O) groups is 3. The maximum atomic E-state index is 13.9. The van der Waals surface area contributed by atoms with Crippen LogP contribution in [-0.4, -0.2) is 59.0 Å². The van der Waals surface area contributed by atoms with Crippen LogP contribution in [0, 0.1) is 5.92 Å². The van der Waals surface area contributed by atoms with Crippen LogP contribution in [0.25, 0.3) is 0 Å². The van der Waals surface area contributed by atoms with Gasteiger partial charge in [0, 0.05) is 0 Å². The Morgan fingerprint density at radius 1 is 1.38 bits per heavy atom. The van der Waals surface area contributed by atoms with Gasteiger partial charge >= 0.3 is 18.4 Å². The first-order chi connectivity index (χ1) is 11.3. The van der Waals surface area contributed by atoms with Crippen LogP contribution in [-0.2, 0) is 19.2 Å². The number of rotatable bonds is 6. The number of amides is 3. The Morgan fingerprint density at radius 2 is 2.04 bits per heavy atom. The van der Waals surface area contributed by atoms with Crippen molar-refractivity contribution in [2.75, 3.05) is 6.54 Å². The molecule has 0 radical (unpaired) electrons. The molecule has 3 rings (SSSR count). The van der Waals surface area contributed by atoms with Crippen LogP contribution in [0.3, 0.4) is 0 Å². The minimum atomic E-state index is -2.42. The highest BCUT2D eigenvalue weighted by atomic mass is 19.1. The molecular weight excluding hydrogens is 321 g/mol. The fourth-order valence-corrected chi connectivity index (χ4v) is 3.10. The lowest BCUT2D eigenvalue weighted by Crippen LogP contribution is -2.49. The molecule has 1 saturated carbocycles. The second-order valence-electron chi connectivity index (χ2n) is 6.48. The molecule has 2 fully saturated rings. The van der Waals surface area contributed by atoms with Gasteiger partial charge in [-0.3, -0.25) is 4.79 Å². The molecule has 132 valence electrons. The Balaban J connectivity index is 1.76. The van der Waals surface area contributed by atoms with Crippen molar-refractivity contribution in [3.63, 3.8) is 0 Å². The summed E-state index contributed by atoms with van der Waals surface area (Å²) in [7, 11) is 0. The summed E-state index contributed by atoms with van der Waals surface area (Å²) in [5, 5.41) is 0.789. The molecule has 2 heterocycles. The van der Waals surface area contributed by atoms with Gasteiger partial charge in [-0.1, -0.05) is 6.08 Å². The van der Waals surface area contributed by atoms with Crippen molar-refractivity contribution >= 4 is 17.9 Å². The van der Waals surface area contributed by atoms with Gasteiger partial charge in [0.15, 0.2) is 0 Å². The predicted molar refractivity (Wildman–Crippen MR) is 78.7 cm³/mol. The number of primary amides is 1. The van der Waals surface area contributed by atoms with Crippen LogP contribution < -0.4 is 5.73 Å². The van der Waals surface area contributed by atoms with E-state index in [4.69, 9.17) is 15.3 Å². The lowest BCUT2D eigenvalue weighted by molar-refractivity contribution is -0.225. The molecule has 0 aromatic rings. The molecule has 24 heavy (non-hydrogen) atoms. The lowest BCUT2D eigenvalue weighted by Gasteiger charge is -2.29. The third kappa shape index (κ3) is 2.95. The van der Waals surface area contributed by atoms with Gasteiger partial charge < -0.3 is 15.4 Å². The number of nitrogens with zero attached hydrogens (tertiary/aromatic N) is 2. The van der Waals surface area contributed by atoms with Crippen molar-refractivity contribution in [2.24, 2.45) is 11.7 Å². The first-order valence-corrected chi connectivity index (χ1v) is 7.91. The molecule has 1 saturated heterocycles. The van der Waals surface area contributed by atoms with Gasteiger partial charge in [-0.25, -0.2) is 18.8 Å². The highest BCUT2D eigenvalue weighted by molar-refractivity contribution is 5.91. The summed E-state index contributed by atoms with van der Waals surface area (Å²) >= 11 is 0. The second-order valence-corrected chi connectivity index (χ2v) is 6.48. The van der Waals surface area contributed by atoms with Crippen molar-refractivity contribution < 1.29 is 28.3 Å². The van der Waals surface area contributed by atoms with Crippen LogP contribution in [0.2, 0.25) is 0 Å². The average molecular weight is 341 g/mol. The van der Waals surface area contributed by atoms with Gasteiger partial charge in [0.1, 0.15) is 6.04 Å². The van der Waals surface area contributed by atoms with Crippen LogP contribution in [0.15, 0.2) is 11.6 Å². The zero-order valence-corrected chi connectivity index (χ0v) is 13.5. The maximum Gasteiger partial charge on any atom is 0.371 e. The summed E-state index contributed by atoms with van der Waals surface area (Å²) < 4.78 is 18.7. The van der Waals surface area contributed by atoms with E-state index in [9.17, 15) is 18.8 Å². The van der Waals surface area contributed by atoms with E-state index in [1.807, 2.05) is 0 Å². The van der Waals surface area contributed by atoms with E-state index >= 15 is 0 Å². The number of hydrogen-bond donors (Lipinski definition) is 1. The summed E-state index contributed by atoms with van der Waals surface area (Å²) in [5.41, 5.74) is 6.21. The minimum Gasteiger partial charge on any atom is -0.459 e. The number of urea groups is 1. The van der Waals surface area contributed by atoms with Crippen molar-refractivity contribution in [1.82, 2.24) is 9.96 Å². The fourth-order valence-electron chi connectivity index (χ4n) is 3.10. The fraction of sp³-hybridized carbons (Fsp3) is 0.667. The molecule has 0 aromatic carbocycles. The number of fused-ring (bicyclic) bond motifs is 2. The third-order valence-electron chi connectivity index (χ3n) is 4.19. The van der Waals surface area contributed by atoms with Crippen molar-refractivity contribution in [1.29, 1.82) is 0 Å². The van der Waals surface area contributed by atoms with Crippen LogP contribution in [0.1, 0.15) is 26.7 Å². The quantitative estimate of drug-likeness (QED) is 0.559. The van der Waals surface area contributed by atoms with E-state index in [0.717, 1.165) is 23.5 Å². The zero-order chi connectivity index (χ0) is 17.6. The lowest BCUT2D eigenvalue weighted by atomic mass is 9.95. The molecule has 2 N–H and O–H groups in total. The molecule has 0 aromatic heterocycles. The largest absolute Gasteiger partial charge is 0.459 e. The van der Waals surface area contributed by atoms with Gasteiger partial charge in [0.2, 0.25) is 5.91 Å². The Kier molecular flexibility index (Phi) is 4.20. The number of carbonyl (C=O) groups excluding carboxylic acids is 3. The summed E-state index contributed by atoms with van der Waals surface area (Å²) in [4.78, 5) is 41.9. The van der Waals surface area contributed by atoms with Gasteiger partial charge in [0.05, 0.1) is 18.7 Å². The van der Waals surface area contributed by atoms with E-state index in [1.54, 1.807) is 19.9 Å². The Bertz CT molecular complexity index is 604. The molecule has 3 aliphatic rings. The summed E-state index contributed by atoms with van der Waals surface area (Å²) in [5.74, 6) is -1.61. The number of esters is 1. The van der Waals surface area contributed by atoms with Crippen molar-refractivity contribution in [3.05, 3.63) is 11.6 Å². The third-order valence-corrected chi connectivity index (χ3v) is 4.19. The van der Waals surface area contributed by atoms with Crippen LogP contribution in [0.5, 0.6) is 0 Å². The zero-order valence-electron chi connectivity index (χ0n) is 13.5. The second kappa shape index (κ2) is 6.04. The Hall–Kier alpha value is -2.16. The molecule has 3 atom stereocenters. The minimum absolute atomic E-state index is 0.161. The smallest absolute Gasteiger partial charge is 0.371 e. The number of hydrogen-bond acceptors (Lipinski definition) is 5. The molecule has 3 amide bonds. The molecule has 9 heteroatoms. The van der Waals surface area contributed by atoms with E-state index in [2.05, 4.69) is 0 Å². The number of halogens is 1. The first kappa shape index (κ1) is 16.7. The normalized spacial score (nSPS) is 27.3. The monoisotopic (exact) mass is 341 g/mol. The summed E-state index contributed by atoms with van der Waals surface area (Å²) in [6, 6.07) is -2.08. The van der Waals surface area contributed by atoms with Crippen molar-refractivity contribution in [2.45, 2.75) is 51.2 Å². The molecule has 8 nitrogen and oxygen atoms in total. The van der Waals surface area contributed by atoms with E-state index in [1.165, 1.54) is 4.90 Å². The maximum absolute atomic E-state index is 13.9. The van der Waals surface area contributed by atoms with Crippen LogP contribution >= 0.6 is 0 Å². The SMILES string of the molecule is CC(C)OC(=O)[C@H](F)ON1C(=O)N2C[C@H]1C=C(C1CC1)[C@H]2C(N)=O. The van der Waals surface area contributed by atoms with Gasteiger partial charge in [-0.05, 0) is 38.2 Å². The predicted octanol–water partition coefficient (Wildman–Crippen LogP) is 0.475. The van der Waals surface area contributed by atoms with Gasteiger partial charge in [-0.2, -0.15) is 5.06 Å². The number of ether oxygens (including phenoxy) is 1. The Morgan fingerprint density at radius 3 is 2.58 bits per heavy atom. The van der Waals surface area contributed by atoms with Gasteiger partial charge in [-0.15, -0.1) is 0 Å². The molecule has 0 unspecified atom stereocenters. The first-order valence-electron chi connectivity index (χ1n) is 7.91. The number of hydroxylamine groups is 2. The Labute approximate surface area is 138 Å². The molecule has 2 aliphatic heterocycles. The number of alkyl halides is 1. The van der Waals surface area contributed by atoms with E-state index < -0.39 is 42.5 Å². The van der Waals surface area contributed by atoms with E-state index in [-0.39, 0.29) is 12.5 Å². The molecule has 0 spiro atoms. The van der Waals surface area contributed by atoms with Crippen molar-refractivity contribution in [3.8, 4) is 0 Å². The highest BCUT2D eigenvalue weighted by Gasteiger charge is 2.51. The van der Waals surface area contributed by atoms with Crippen LogP contribution in [0.4, 0.5) is 9.18 Å². The highest BCUT2D eigenvalue weighted by Crippen LogP contribution is 2.43.